The maximum atomic E-state index is 10.5. The van der Waals surface area contributed by atoms with E-state index in [1.165, 1.54) is 0 Å². The average Bonchev–Trinajstić information content (AvgIpc) is 2.00. The lowest BCUT2D eigenvalue weighted by Gasteiger charge is -2.22. The van der Waals surface area contributed by atoms with Gasteiger partial charge in [0.1, 0.15) is 6.29 Å². The minimum atomic E-state index is -1.15. The summed E-state index contributed by atoms with van der Waals surface area (Å²) in [5, 5.41) is 10.6. The quantitative estimate of drug-likeness (QED) is 0.617. The van der Waals surface area contributed by atoms with Crippen LogP contribution in [-0.2, 0) is 4.79 Å². The van der Waals surface area contributed by atoms with Crippen molar-refractivity contribution in [2.45, 2.75) is 38.6 Å². The van der Waals surface area contributed by atoms with Crippen molar-refractivity contribution in [3.8, 4) is 0 Å². The van der Waals surface area contributed by atoms with Crippen molar-refractivity contribution in [1.29, 1.82) is 0 Å². The van der Waals surface area contributed by atoms with E-state index in [1.807, 2.05) is 6.92 Å². The molecule has 2 N–H and O–H groups in total. The number of nitrogens with one attached hydrogen (secondary N) is 1. The molecule has 0 bridgehead atoms. The van der Waals surface area contributed by atoms with Gasteiger partial charge in [0, 0.05) is 0 Å². The summed E-state index contributed by atoms with van der Waals surface area (Å²) in [6.45, 7) is 3.58. The molecule has 0 fully saturated rings. The Balaban J connectivity index is 4.04. The van der Waals surface area contributed by atoms with Gasteiger partial charge in [0.2, 0.25) is 0 Å². The number of amides is 1. The molecule has 0 rings (SSSR count). The number of unbranched alkanes of at least 4 members (excludes halogenated alkanes) is 1. The third kappa shape index (κ3) is 3.95. The van der Waals surface area contributed by atoms with Crippen molar-refractivity contribution < 1.29 is 14.7 Å². The van der Waals surface area contributed by atoms with E-state index in [2.05, 4.69) is 5.32 Å². The summed E-state index contributed by atoms with van der Waals surface area (Å²) in [6.07, 6.45) is 1.84. The van der Waals surface area contributed by atoms with Crippen LogP contribution in [0.15, 0.2) is 0 Å². The Labute approximate surface area is 72.0 Å². The Bertz CT molecular complexity index is 170. The molecule has 70 valence electrons. The minimum Gasteiger partial charge on any atom is -0.465 e. The number of rotatable bonds is 5. The first-order valence-electron chi connectivity index (χ1n) is 4.01. The molecule has 0 aliphatic heterocycles. The van der Waals surface area contributed by atoms with Crippen LogP contribution in [0.1, 0.15) is 33.1 Å². The molecule has 0 aliphatic carbocycles. The van der Waals surface area contributed by atoms with Crippen molar-refractivity contribution in [3.63, 3.8) is 0 Å². The predicted octanol–water partition coefficient (Wildman–Crippen LogP) is 1.40. The highest BCUT2D eigenvalue weighted by molar-refractivity contribution is 5.74. The van der Waals surface area contributed by atoms with Crippen LogP contribution in [0.2, 0.25) is 0 Å². The fourth-order valence-electron chi connectivity index (χ4n) is 0.939. The van der Waals surface area contributed by atoms with Gasteiger partial charge in [-0.05, 0) is 13.3 Å². The molecule has 0 saturated heterocycles. The topological polar surface area (TPSA) is 66.4 Å². The number of hydrogen-bond donors (Lipinski definition) is 2. The van der Waals surface area contributed by atoms with Crippen LogP contribution < -0.4 is 5.32 Å². The molecule has 0 aromatic heterocycles. The summed E-state index contributed by atoms with van der Waals surface area (Å²) < 4.78 is 0. The van der Waals surface area contributed by atoms with Crippen LogP contribution in [0, 0.1) is 0 Å². The molecule has 4 nitrogen and oxygen atoms in total. The van der Waals surface area contributed by atoms with Gasteiger partial charge in [0.25, 0.3) is 0 Å². The third-order valence-electron chi connectivity index (χ3n) is 1.70. The van der Waals surface area contributed by atoms with Crippen molar-refractivity contribution in [2.75, 3.05) is 0 Å². The van der Waals surface area contributed by atoms with Gasteiger partial charge in [0.15, 0.2) is 0 Å². The van der Waals surface area contributed by atoms with Gasteiger partial charge < -0.3 is 15.2 Å². The fourth-order valence-corrected chi connectivity index (χ4v) is 0.939. The van der Waals surface area contributed by atoms with Crippen LogP contribution in [0.3, 0.4) is 0 Å². The van der Waals surface area contributed by atoms with Gasteiger partial charge in [-0.25, -0.2) is 4.79 Å². The van der Waals surface area contributed by atoms with Crippen molar-refractivity contribution >= 4 is 12.4 Å². The number of hydrogen-bond acceptors (Lipinski definition) is 2. The summed E-state index contributed by atoms with van der Waals surface area (Å²) in [6, 6.07) is 0. The SMILES string of the molecule is CCCCC(C)(C=O)NC(=O)O. The molecule has 0 heterocycles. The summed E-state index contributed by atoms with van der Waals surface area (Å²) in [5.41, 5.74) is -0.915. The van der Waals surface area contributed by atoms with Crippen LogP contribution >= 0.6 is 0 Å². The van der Waals surface area contributed by atoms with Crippen LogP contribution in [0.5, 0.6) is 0 Å². The lowest BCUT2D eigenvalue weighted by atomic mass is 9.97. The molecule has 4 heteroatoms. The molecule has 0 aromatic carbocycles. The number of carbonyl (C=O) groups excluding carboxylic acids is 1. The Hall–Kier alpha value is -1.06. The van der Waals surface area contributed by atoms with Gasteiger partial charge in [-0.2, -0.15) is 0 Å². The lowest BCUT2D eigenvalue weighted by Crippen LogP contribution is -2.46. The number of carboxylic acid groups (broad SMARTS) is 1. The van der Waals surface area contributed by atoms with Gasteiger partial charge in [-0.1, -0.05) is 19.8 Å². The van der Waals surface area contributed by atoms with E-state index in [4.69, 9.17) is 5.11 Å². The molecule has 0 spiro atoms. The first kappa shape index (κ1) is 10.9. The van der Waals surface area contributed by atoms with Crippen LogP contribution in [-0.4, -0.2) is 23.0 Å². The Morgan fingerprint density at radius 2 is 2.25 bits per heavy atom. The van der Waals surface area contributed by atoms with Crippen molar-refractivity contribution in [2.24, 2.45) is 0 Å². The van der Waals surface area contributed by atoms with E-state index in [1.54, 1.807) is 6.92 Å². The van der Waals surface area contributed by atoms with Crippen molar-refractivity contribution in [1.82, 2.24) is 5.32 Å². The predicted molar refractivity (Wildman–Crippen MR) is 45.2 cm³/mol. The molecule has 0 aromatic rings. The van der Waals surface area contributed by atoms with E-state index < -0.39 is 11.6 Å². The smallest absolute Gasteiger partial charge is 0.405 e. The first-order chi connectivity index (χ1) is 5.54. The molecule has 0 saturated carbocycles. The standard InChI is InChI=1S/C8H15NO3/c1-3-4-5-8(2,6-10)9-7(11)12/h6,9H,3-5H2,1-2H3,(H,11,12). The second kappa shape index (κ2) is 4.74. The zero-order valence-electron chi connectivity index (χ0n) is 7.46. The summed E-state index contributed by atoms with van der Waals surface area (Å²) in [7, 11) is 0. The Morgan fingerprint density at radius 3 is 2.58 bits per heavy atom. The fraction of sp³-hybridized carbons (Fsp3) is 0.750. The number of aldehydes is 1. The normalized spacial score (nSPS) is 14.8. The lowest BCUT2D eigenvalue weighted by molar-refractivity contribution is -0.112. The highest BCUT2D eigenvalue weighted by atomic mass is 16.4. The zero-order chi connectivity index (χ0) is 9.61. The molecule has 1 amide bonds. The van der Waals surface area contributed by atoms with Gasteiger partial charge >= 0.3 is 6.09 Å². The van der Waals surface area contributed by atoms with Crippen molar-refractivity contribution in [3.05, 3.63) is 0 Å². The molecule has 1 atom stereocenters. The molecule has 0 aliphatic rings. The van der Waals surface area contributed by atoms with E-state index in [0.29, 0.717) is 12.7 Å². The molecule has 0 radical (unpaired) electrons. The minimum absolute atomic E-state index is 0.555. The molecule has 12 heavy (non-hydrogen) atoms. The zero-order valence-corrected chi connectivity index (χ0v) is 7.46. The summed E-state index contributed by atoms with van der Waals surface area (Å²) in [5.74, 6) is 0. The Morgan fingerprint density at radius 1 is 1.67 bits per heavy atom. The molecular weight excluding hydrogens is 158 g/mol. The maximum Gasteiger partial charge on any atom is 0.405 e. The highest BCUT2D eigenvalue weighted by Crippen LogP contribution is 2.10. The number of carbonyl (C=O) groups is 2. The molecular formula is C8H15NO3. The summed E-state index contributed by atoms with van der Waals surface area (Å²) in [4.78, 5) is 20.8. The van der Waals surface area contributed by atoms with Gasteiger partial charge in [0.05, 0.1) is 5.54 Å². The van der Waals surface area contributed by atoms with E-state index in [9.17, 15) is 9.59 Å². The third-order valence-corrected chi connectivity index (χ3v) is 1.70. The second-order valence-corrected chi connectivity index (χ2v) is 3.07. The largest absolute Gasteiger partial charge is 0.465 e. The van der Waals surface area contributed by atoms with Crippen LogP contribution in [0.25, 0.3) is 0 Å². The van der Waals surface area contributed by atoms with Gasteiger partial charge in [-0.15, -0.1) is 0 Å². The first-order valence-corrected chi connectivity index (χ1v) is 4.01. The Kier molecular flexibility index (Phi) is 4.33. The second-order valence-electron chi connectivity index (χ2n) is 3.07. The maximum absolute atomic E-state index is 10.5. The van der Waals surface area contributed by atoms with E-state index in [0.717, 1.165) is 12.8 Å². The average molecular weight is 173 g/mol. The monoisotopic (exact) mass is 173 g/mol. The molecule has 1 unspecified atom stereocenters. The summed E-state index contributed by atoms with van der Waals surface area (Å²) >= 11 is 0. The van der Waals surface area contributed by atoms with E-state index >= 15 is 0 Å². The van der Waals surface area contributed by atoms with Gasteiger partial charge in [-0.3, -0.25) is 0 Å². The highest BCUT2D eigenvalue weighted by Gasteiger charge is 2.24. The van der Waals surface area contributed by atoms with E-state index in [-0.39, 0.29) is 0 Å². The van der Waals surface area contributed by atoms with Crippen LogP contribution in [0.4, 0.5) is 4.79 Å².